The van der Waals surface area contributed by atoms with Gasteiger partial charge >= 0.3 is 0 Å². The number of ether oxygens (including phenoxy) is 1. The third-order valence-corrected chi connectivity index (χ3v) is 6.31. The molecule has 1 aromatic rings. The number of rotatable bonds is 7. The summed E-state index contributed by atoms with van der Waals surface area (Å²) in [6.07, 6.45) is 1.58. The summed E-state index contributed by atoms with van der Waals surface area (Å²) in [5.41, 5.74) is 6.28. The molecule has 0 aliphatic carbocycles. The average molecular weight is 330 g/mol. The number of nitrogens with one attached hydrogen (secondary N) is 1. The van der Waals surface area contributed by atoms with Gasteiger partial charge in [0.1, 0.15) is 5.75 Å². The Hall–Kier alpha value is -0.760. The van der Waals surface area contributed by atoms with Gasteiger partial charge in [-0.25, -0.2) is 13.1 Å². The predicted molar refractivity (Wildman–Crippen MR) is 86.4 cm³/mol. The van der Waals surface area contributed by atoms with Crippen LogP contribution in [0.15, 0.2) is 23.1 Å². The van der Waals surface area contributed by atoms with Gasteiger partial charge in [-0.15, -0.1) is 0 Å². The lowest BCUT2D eigenvalue weighted by molar-refractivity contribution is 0.413. The van der Waals surface area contributed by atoms with Crippen LogP contribution in [-0.4, -0.2) is 40.1 Å². The predicted octanol–water partition coefficient (Wildman–Crippen LogP) is 1.23. The van der Waals surface area contributed by atoms with Crippen molar-refractivity contribution in [2.75, 3.05) is 31.7 Å². The van der Waals surface area contributed by atoms with Crippen molar-refractivity contribution in [2.24, 2.45) is 11.7 Å². The van der Waals surface area contributed by atoms with E-state index in [9.17, 15) is 8.42 Å². The van der Waals surface area contributed by atoms with E-state index < -0.39 is 10.0 Å². The van der Waals surface area contributed by atoms with Crippen molar-refractivity contribution in [1.29, 1.82) is 0 Å². The zero-order valence-corrected chi connectivity index (χ0v) is 13.8. The molecular weight excluding hydrogens is 308 g/mol. The van der Waals surface area contributed by atoms with E-state index in [4.69, 9.17) is 10.5 Å². The maximum Gasteiger partial charge on any atom is 0.240 e. The summed E-state index contributed by atoms with van der Waals surface area (Å²) in [4.78, 5) is 0.305. The molecule has 1 aliphatic rings. The molecule has 0 spiro atoms. The van der Waals surface area contributed by atoms with Crippen molar-refractivity contribution in [1.82, 2.24) is 4.72 Å². The summed E-state index contributed by atoms with van der Waals surface area (Å²) in [6, 6.07) is 5.00. The molecule has 0 amide bonds. The first-order chi connectivity index (χ1) is 10.1. The van der Waals surface area contributed by atoms with E-state index in [0.717, 1.165) is 17.9 Å². The standard InChI is InChI=1S/C14H22N2O3S2/c1-19-13-2-3-14(12(8-13)4-6-15)21(17,18)16-9-11-5-7-20-10-11/h2-3,8,11,16H,4-7,9-10,15H2,1H3. The molecule has 2 rings (SSSR count). The van der Waals surface area contributed by atoms with Crippen molar-refractivity contribution in [3.63, 3.8) is 0 Å². The van der Waals surface area contributed by atoms with Crippen LogP contribution in [0.25, 0.3) is 0 Å². The second kappa shape index (κ2) is 7.49. The fourth-order valence-corrected chi connectivity index (χ4v) is 4.99. The summed E-state index contributed by atoms with van der Waals surface area (Å²) in [6.45, 7) is 0.901. The van der Waals surface area contributed by atoms with Gasteiger partial charge in [0.2, 0.25) is 10.0 Å². The van der Waals surface area contributed by atoms with E-state index in [1.54, 1.807) is 25.3 Å². The summed E-state index contributed by atoms with van der Waals surface area (Å²) in [5.74, 6) is 3.22. The van der Waals surface area contributed by atoms with E-state index in [0.29, 0.717) is 41.6 Å². The van der Waals surface area contributed by atoms with E-state index in [1.165, 1.54) is 0 Å². The molecule has 5 nitrogen and oxygen atoms in total. The third-order valence-electron chi connectivity index (χ3n) is 3.56. The second-order valence-corrected chi connectivity index (χ2v) is 7.98. The molecule has 1 heterocycles. The Morgan fingerprint density at radius 2 is 2.29 bits per heavy atom. The van der Waals surface area contributed by atoms with Gasteiger partial charge in [0.15, 0.2) is 0 Å². The lowest BCUT2D eigenvalue weighted by Crippen LogP contribution is -2.30. The summed E-state index contributed by atoms with van der Waals surface area (Å²) in [7, 11) is -1.93. The van der Waals surface area contributed by atoms with Crippen LogP contribution < -0.4 is 15.2 Å². The fourth-order valence-electron chi connectivity index (χ4n) is 2.35. The highest BCUT2D eigenvalue weighted by Gasteiger charge is 2.22. The molecule has 0 saturated carbocycles. The van der Waals surface area contributed by atoms with E-state index in [2.05, 4.69) is 4.72 Å². The molecule has 0 bridgehead atoms. The molecule has 0 radical (unpaired) electrons. The molecule has 118 valence electrons. The highest BCUT2D eigenvalue weighted by Crippen LogP contribution is 2.25. The average Bonchev–Trinajstić information content (AvgIpc) is 2.99. The van der Waals surface area contributed by atoms with Gasteiger partial charge in [0, 0.05) is 6.54 Å². The lowest BCUT2D eigenvalue weighted by Gasteiger charge is -2.14. The molecule has 21 heavy (non-hydrogen) atoms. The first-order valence-electron chi connectivity index (χ1n) is 7.01. The van der Waals surface area contributed by atoms with E-state index in [-0.39, 0.29) is 0 Å². The molecule has 3 N–H and O–H groups in total. The molecular formula is C14H22N2O3S2. The van der Waals surface area contributed by atoms with Crippen molar-refractivity contribution in [3.05, 3.63) is 23.8 Å². The molecule has 1 aromatic carbocycles. The zero-order chi connectivity index (χ0) is 15.3. The fraction of sp³-hybridized carbons (Fsp3) is 0.571. The molecule has 1 fully saturated rings. The van der Waals surface area contributed by atoms with Crippen molar-refractivity contribution in [3.8, 4) is 5.75 Å². The normalized spacial score (nSPS) is 18.9. The van der Waals surface area contributed by atoms with E-state index in [1.807, 2.05) is 11.8 Å². The minimum Gasteiger partial charge on any atom is -0.497 e. The molecule has 1 unspecified atom stereocenters. The number of hydrogen-bond acceptors (Lipinski definition) is 5. The highest BCUT2D eigenvalue weighted by molar-refractivity contribution is 7.99. The third kappa shape index (κ3) is 4.35. The molecule has 1 saturated heterocycles. The Balaban J connectivity index is 2.17. The number of nitrogens with two attached hydrogens (primary N) is 1. The largest absolute Gasteiger partial charge is 0.497 e. The van der Waals surface area contributed by atoms with Crippen LogP contribution in [0, 0.1) is 5.92 Å². The van der Waals surface area contributed by atoms with Crippen LogP contribution in [-0.2, 0) is 16.4 Å². The van der Waals surface area contributed by atoms with Gasteiger partial charge in [-0.05, 0) is 60.6 Å². The van der Waals surface area contributed by atoms with Crippen LogP contribution in [0.1, 0.15) is 12.0 Å². The van der Waals surface area contributed by atoms with Gasteiger partial charge < -0.3 is 10.5 Å². The minimum absolute atomic E-state index is 0.305. The summed E-state index contributed by atoms with van der Waals surface area (Å²) in [5, 5.41) is 0. The number of hydrogen-bond donors (Lipinski definition) is 2. The molecule has 7 heteroatoms. The van der Waals surface area contributed by atoms with Crippen molar-refractivity contribution in [2.45, 2.75) is 17.7 Å². The maximum absolute atomic E-state index is 12.5. The quantitative estimate of drug-likeness (QED) is 0.786. The van der Waals surface area contributed by atoms with Gasteiger partial charge in [-0.3, -0.25) is 0 Å². The Bertz CT molecular complexity index is 570. The zero-order valence-electron chi connectivity index (χ0n) is 12.2. The van der Waals surface area contributed by atoms with Crippen LogP contribution in [0.3, 0.4) is 0 Å². The Morgan fingerprint density at radius 1 is 1.48 bits per heavy atom. The van der Waals surface area contributed by atoms with Gasteiger partial charge in [-0.2, -0.15) is 11.8 Å². The summed E-state index contributed by atoms with van der Waals surface area (Å²) >= 11 is 1.88. The Labute approximate surface area is 130 Å². The molecule has 1 atom stereocenters. The minimum atomic E-state index is -3.50. The molecule has 0 aromatic heterocycles. The lowest BCUT2D eigenvalue weighted by atomic mass is 10.1. The van der Waals surface area contributed by atoms with Crippen molar-refractivity contribution < 1.29 is 13.2 Å². The van der Waals surface area contributed by atoms with Crippen molar-refractivity contribution >= 4 is 21.8 Å². The Morgan fingerprint density at radius 3 is 2.90 bits per heavy atom. The number of thioether (sulfide) groups is 1. The maximum atomic E-state index is 12.5. The van der Waals surface area contributed by atoms with Gasteiger partial charge in [-0.1, -0.05) is 0 Å². The second-order valence-electron chi connectivity index (χ2n) is 5.09. The smallest absolute Gasteiger partial charge is 0.240 e. The highest BCUT2D eigenvalue weighted by atomic mass is 32.2. The van der Waals surface area contributed by atoms with Crippen LogP contribution >= 0.6 is 11.8 Å². The number of methoxy groups -OCH3 is 1. The number of benzene rings is 1. The van der Waals surface area contributed by atoms with Crippen LogP contribution in [0.2, 0.25) is 0 Å². The first-order valence-corrected chi connectivity index (χ1v) is 9.65. The SMILES string of the molecule is COc1ccc(S(=O)(=O)NCC2CCSC2)c(CCN)c1. The Kier molecular flexibility index (Phi) is 5.92. The van der Waals surface area contributed by atoms with Crippen LogP contribution in [0.5, 0.6) is 5.75 Å². The number of sulfonamides is 1. The van der Waals surface area contributed by atoms with Gasteiger partial charge in [0.25, 0.3) is 0 Å². The van der Waals surface area contributed by atoms with E-state index >= 15 is 0 Å². The summed E-state index contributed by atoms with van der Waals surface area (Å²) < 4.78 is 32.9. The topological polar surface area (TPSA) is 81.4 Å². The monoisotopic (exact) mass is 330 g/mol. The first kappa shape index (κ1) is 16.6. The van der Waals surface area contributed by atoms with Crippen LogP contribution in [0.4, 0.5) is 0 Å². The molecule has 1 aliphatic heterocycles. The van der Waals surface area contributed by atoms with Gasteiger partial charge in [0.05, 0.1) is 12.0 Å².